The summed E-state index contributed by atoms with van der Waals surface area (Å²) in [7, 11) is 0. The van der Waals surface area contributed by atoms with Crippen LogP contribution in [0.2, 0.25) is 0 Å². The first-order valence-electron chi connectivity index (χ1n) is 12.9. The van der Waals surface area contributed by atoms with E-state index in [-0.39, 0.29) is 17.9 Å². The molecular weight excluding hydrogens is 500 g/mol. The number of likely N-dealkylation sites (tertiary alicyclic amines) is 1. The third kappa shape index (κ3) is 6.05. The summed E-state index contributed by atoms with van der Waals surface area (Å²) in [6.07, 6.45) is 2.76. The molecule has 2 aliphatic rings. The number of anilines is 1. The van der Waals surface area contributed by atoms with Gasteiger partial charge in [0.25, 0.3) is 5.91 Å². The van der Waals surface area contributed by atoms with Crippen molar-refractivity contribution in [2.24, 2.45) is 0 Å². The van der Waals surface area contributed by atoms with Crippen molar-refractivity contribution in [3.05, 3.63) is 71.1 Å². The highest BCUT2D eigenvalue weighted by Crippen LogP contribution is 2.38. The Morgan fingerprint density at radius 2 is 1.68 bits per heavy atom. The molecule has 2 heterocycles. The number of hydrogen-bond donors (Lipinski definition) is 2. The second-order valence-corrected chi connectivity index (χ2v) is 11.6. The van der Waals surface area contributed by atoms with Crippen LogP contribution in [-0.2, 0) is 9.53 Å². The molecule has 2 N–H and O–H groups in total. The van der Waals surface area contributed by atoms with Crippen LogP contribution in [0.3, 0.4) is 0 Å². The van der Waals surface area contributed by atoms with E-state index in [1.807, 2.05) is 68.6 Å². The van der Waals surface area contributed by atoms with E-state index < -0.39 is 17.7 Å². The largest absolute Gasteiger partial charge is 0.444 e. The highest BCUT2D eigenvalue weighted by molar-refractivity contribution is 7.14. The molecule has 2 atom stereocenters. The molecule has 2 unspecified atom stereocenters. The molecule has 1 saturated heterocycles. The Morgan fingerprint density at radius 3 is 2.34 bits per heavy atom. The number of carbonyl (C=O) groups is 3. The van der Waals surface area contributed by atoms with E-state index in [0.717, 1.165) is 24.0 Å². The summed E-state index contributed by atoms with van der Waals surface area (Å²) in [6.45, 7) is 5.45. The molecule has 2 aromatic carbocycles. The molecule has 1 aromatic heterocycles. The van der Waals surface area contributed by atoms with Crippen molar-refractivity contribution in [2.75, 3.05) is 5.32 Å². The van der Waals surface area contributed by atoms with Crippen LogP contribution in [0.25, 0.3) is 11.3 Å². The van der Waals surface area contributed by atoms with Gasteiger partial charge in [-0.1, -0.05) is 42.5 Å². The highest BCUT2D eigenvalue weighted by atomic mass is 32.1. The lowest BCUT2D eigenvalue weighted by molar-refractivity contribution is -0.120. The second kappa shape index (κ2) is 10.6. The van der Waals surface area contributed by atoms with E-state index >= 15 is 0 Å². The standard InChI is InChI=1S/C29H32N4O4S/c1-29(2,3)37-28(36)33-23(19-7-5-4-6-8-19)15-16-24(33)26(35)32-27-31-22(17-38-27)18-9-11-20(12-10-18)25(34)30-21-13-14-21/h4-12,17,21,23-24H,13-16H2,1-3H3,(H,30,34)(H,31,32,35). The number of benzene rings is 2. The molecule has 3 amide bonds. The van der Waals surface area contributed by atoms with Gasteiger partial charge in [0.1, 0.15) is 11.6 Å². The molecule has 0 radical (unpaired) electrons. The summed E-state index contributed by atoms with van der Waals surface area (Å²) in [5, 5.41) is 8.20. The third-order valence-corrected chi connectivity index (χ3v) is 7.32. The van der Waals surface area contributed by atoms with Gasteiger partial charge in [-0.05, 0) is 64.2 Å². The lowest BCUT2D eigenvalue weighted by Gasteiger charge is -2.32. The average molecular weight is 533 g/mol. The number of carbonyl (C=O) groups excluding carboxylic acids is 3. The lowest BCUT2D eigenvalue weighted by atomic mass is 10.1. The number of ether oxygens (including phenoxy) is 1. The van der Waals surface area contributed by atoms with E-state index in [1.54, 1.807) is 17.0 Å². The molecule has 1 aliphatic carbocycles. The number of amides is 3. The zero-order valence-electron chi connectivity index (χ0n) is 21.8. The van der Waals surface area contributed by atoms with Gasteiger partial charge in [-0.3, -0.25) is 14.5 Å². The quantitative estimate of drug-likeness (QED) is 0.419. The minimum absolute atomic E-state index is 0.0646. The second-order valence-electron chi connectivity index (χ2n) is 10.8. The normalized spacial score (nSPS) is 19.2. The number of aromatic nitrogens is 1. The lowest BCUT2D eigenvalue weighted by Crippen LogP contribution is -2.46. The molecule has 0 bridgehead atoms. The molecule has 9 heteroatoms. The Labute approximate surface area is 226 Å². The van der Waals surface area contributed by atoms with E-state index in [0.29, 0.717) is 35.3 Å². The summed E-state index contributed by atoms with van der Waals surface area (Å²) in [5.41, 5.74) is 2.46. The number of nitrogens with one attached hydrogen (secondary N) is 2. The van der Waals surface area contributed by atoms with Gasteiger partial charge in [0.15, 0.2) is 5.13 Å². The summed E-state index contributed by atoms with van der Waals surface area (Å²) in [4.78, 5) is 45.0. The van der Waals surface area contributed by atoms with Crippen molar-refractivity contribution in [3.8, 4) is 11.3 Å². The maximum atomic E-state index is 13.4. The van der Waals surface area contributed by atoms with Crippen molar-refractivity contribution in [1.29, 1.82) is 0 Å². The van der Waals surface area contributed by atoms with Crippen LogP contribution in [0.15, 0.2) is 60.0 Å². The number of nitrogens with zero attached hydrogens (tertiary/aromatic N) is 2. The van der Waals surface area contributed by atoms with Crippen molar-refractivity contribution in [1.82, 2.24) is 15.2 Å². The molecule has 198 valence electrons. The molecule has 38 heavy (non-hydrogen) atoms. The predicted octanol–water partition coefficient (Wildman–Crippen LogP) is 5.78. The van der Waals surface area contributed by atoms with E-state index in [1.165, 1.54) is 11.3 Å². The number of hydrogen-bond acceptors (Lipinski definition) is 6. The minimum atomic E-state index is -0.680. The van der Waals surface area contributed by atoms with Crippen LogP contribution >= 0.6 is 11.3 Å². The first-order chi connectivity index (χ1) is 18.2. The smallest absolute Gasteiger partial charge is 0.411 e. The predicted molar refractivity (Wildman–Crippen MR) is 147 cm³/mol. The summed E-state index contributed by atoms with van der Waals surface area (Å²) in [5.74, 6) is -0.354. The van der Waals surface area contributed by atoms with Crippen molar-refractivity contribution in [2.45, 2.75) is 70.2 Å². The minimum Gasteiger partial charge on any atom is -0.444 e. The Hall–Kier alpha value is -3.72. The monoisotopic (exact) mass is 532 g/mol. The van der Waals surface area contributed by atoms with Crippen molar-refractivity contribution >= 4 is 34.4 Å². The topological polar surface area (TPSA) is 101 Å². The third-order valence-electron chi connectivity index (χ3n) is 6.57. The fraction of sp³-hybridized carbons (Fsp3) is 0.379. The fourth-order valence-corrected chi connectivity index (χ4v) is 5.30. The van der Waals surface area contributed by atoms with Crippen LogP contribution in [0.5, 0.6) is 0 Å². The van der Waals surface area contributed by atoms with Gasteiger partial charge in [0, 0.05) is 22.5 Å². The zero-order valence-corrected chi connectivity index (χ0v) is 22.6. The van der Waals surface area contributed by atoms with E-state index in [4.69, 9.17) is 4.74 Å². The molecule has 5 rings (SSSR count). The van der Waals surface area contributed by atoms with Gasteiger partial charge in [-0.2, -0.15) is 0 Å². The summed E-state index contributed by atoms with van der Waals surface area (Å²) >= 11 is 1.32. The summed E-state index contributed by atoms with van der Waals surface area (Å²) in [6, 6.07) is 16.4. The van der Waals surface area contributed by atoms with Crippen molar-refractivity contribution in [3.63, 3.8) is 0 Å². The van der Waals surface area contributed by atoms with E-state index in [2.05, 4.69) is 15.6 Å². The number of thiazole rings is 1. The first-order valence-corrected chi connectivity index (χ1v) is 13.8. The Morgan fingerprint density at radius 1 is 0.974 bits per heavy atom. The zero-order chi connectivity index (χ0) is 26.9. The molecule has 8 nitrogen and oxygen atoms in total. The van der Waals surface area contributed by atoms with Crippen LogP contribution in [0.1, 0.15) is 68.4 Å². The first kappa shape index (κ1) is 25.9. The molecule has 0 spiro atoms. The maximum absolute atomic E-state index is 13.4. The van der Waals surface area contributed by atoms with Crippen molar-refractivity contribution < 1.29 is 19.1 Å². The molecule has 2 fully saturated rings. The molecular formula is C29H32N4O4S. The summed E-state index contributed by atoms with van der Waals surface area (Å²) < 4.78 is 5.68. The fourth-order valence-electron chi connectivity index (χ4n) is 4.58. The maximum Gasteiger partial charge on any atom is 0.411 e. The Bertz CT molecular complexity index is 1310. The Balaban J connectivity index is 1.29. The Kier molecular flexibility index (Phi) is 7.21. The van der Waals surface area contributed by atoms with Crippen LogP contribution in [0.4, 0.5) is 9.93 Å². The van der Waals surface area contributed by atoms with Gasteiger partial charge < -0.3 is 15.4 Å². The van der Waals surface area contributed by atoms with Gasteiger partial charge in [0.2, 0.25) is 5.91 Å². The van der Waals surface area contributed by atoms with Gasteiger partial charge in [0.05, 0.1) is 11.7 Å². The van der Waals surface area contributed by atoms with Crippen LogP contribution < -0.4 is 10.6 Å². The van der Waals surface area contributed by atoms with Gasteiger partial charge >= 0.3 is 6.09 Å². The molecule has 1 aliphatic heterocycles. The molecule has 3 aromatic rings. The average Bonchev–Trinajstić information content (AvgIpc) is 3.38. The van der Waals surface area contributed by atoms with Gasteiger partial charge in [-0.15, -0.1) is 11.3 Å². The van der Waals surface area contributed by atoms with E-state index in [9.17, 15) is 14.4 Å². The van der Waals surface area contributed by atoms with Gasteiger partial charge in [-0.25, -0.2) is 9.78 Å². The van der Waals surface area contributed by atoms with Crippen LogP contribution in [0, 0.1) is 0 Å². The molecule has 1 saturated carbocycles. The SMILES string of the molecule is CC(C)(C)OC(=O)N1C(C(=O)Nc2nc(-c3ccc(C(=O)NC4CC4)cc3)cs2)CCC1c1ccccc1. The van der Waals surface area contributed by atoms with Crippen LogP contribution in [-0.4, -0.2) is 45.5 Å². The highest BCUT2D eigenvalue weighted by Gasteiger charge is 2.43. The number of rotatable bonds is 6.